The quantitative estimate of drug-likeness (QED) is 0.712. The molecule has 1 aliphatic carbocycles. The first kappa shape index (κ1) is 9.44. The Balaban J connectivity index is 1.59. The number of hydrogen-bond donors (Lipinski definition) is 1. The van der Waals surface area contributed by atoms with E-state index in [2.05, 4.69) is 5.32 Å². The molecule has 1 atom stereocenters. The summed E-state index contributed by atoms with van der Waals surface area (Å²) < 4.78 is 11.1. The van der Waals surface area contributed by atoms with Crippen molar-refractivity contribution in [2.24, 2.45) is 5.92 Å². The molecule has 1 aliphatic heterocycles. The van der Waals surface area contributed by atoms with Crippen LogP contribution in [0.5, 0.6) is 0 Å². The molecule has 0 bridgehead atoms. The van der Waals surface area contributed by atoms with Crippen LogP contribution in [0.1, 0.15) is 26.7 Å². The normalized spacial score (nSPS) is 32.3. The summed E-state index contributed by atoms with van der Waals surface area (Å²) in [6.07, 6.45) is 3.05. The fourth-order valence-electron chi connectivity index (χ4n) is 1.63. The van der Waals surface area contributed by atoms with Gasteiger partial charge in [-0.25, -0.2) is 0 Å². The lowest BCUT2D eigenvalue weighted by Crippen LogP contribution is -2.31. The van der Waals surface area contributed by atoms with Gasteiger partial charge in [0, 0.05) is 6.54 Å². The van der Waals surface area contributed by atoms with Crippen LogP contribution >= 0.6 is 0 Å². The van der Waals surface area contributed by atoms with Crippen LogP contribution in [-0.4, -0.2) is 31.6 Å². The molecule has 76 valence electrons. The zero-order chi connectivity index (χ0) is 9.31. The highest BCUT2D eigenvalue weighted by Crippen LogP contribution is 2.27. The lowest BCUT2D eigenvalue weighted by atomic mass is 10.3. The number of rotatable bonds is 4. The van der Waals surface area contributed by atoms with E-state index in [1.807, 2.05) is 13.8 Å². The van der Waals surface area contributed by atoms with E-state index in [1.54, 1.807) is 0 Å². The Hall–Kier alpha value is -0.120. The van der Waals surface area contributed by atoms with E-state index in [0.717, 1.165) is 25.6 Å². The molecule has 2 rings (SSSR count). The Morgan fingerprint density at radius 2 is 2.08 bits per heavy atom. The van der Waals surface area contributed by atoms with Gasteiger partial charge in [-0.05, 0) is 39.2 Å². The maximum Gasteiger partial charge on any atom is 0.163 e. The summed E-state index contributed by atoms with van der Waals surface area (Å²) in [5.41, 5.74) is 0. The van der Waals surface area contributed by atoms with E-state index in [0.29, 0.717) is 0 Å². The van der Waals surface area contributed by atoms with Crippen LogP contribution in [0.2, 0.25) is 0 Å². The van der Waals surface area contributed by atoms with E-state index in [-0.39, 0.29) is 11.9 Å². The lowest BCUT2D eigenvalue weighted by molar-refractivity contribution is -0.137. The first-order valence-electron chi connectivity index (χ1n) is 5.18. The third-order valence-corrected chi connectivity index (χ3v) is 2.57. The van der Waals surface area contributed by atoms with Crippen LogP contribution in [0.15, 0.2) is 0 Å². The molecule has 0 amide bonds. The summed E-state index contributed by atoms with van der Waals surface area (Å²) in [6.45, 7) is 6.74. The molecule has 0 aromatic carbocycles. The standard InChI is InChI=1S/C10H19NO2/c1-10(2)12-7-9(13-10)6-11-5-8-3-4-8/h8-9,11H,3-7H2,1-2H3. The van der Waals surface area contributed by atoms with Crippen LogP contribution in [0.25, 0.3) is 0 Å². The molecule has 1 saturated heterocycles. The molecule has 2 fully saturated rings. The molecule has 0 aromatic rings. The molecule has 1 N–H and O–H groups in total. The van der Waals surface area contributed by atoms with Gasteiger partial charge in [-0.3, -0.25) is 0 Å². The fourth-order valence-corrected chi connectivity index (χ4v) is 1.63. The predicted octanol–water partition coefficient (Wildman–Crippen LogP) is 1.14. The van der Waals surface area contributed by atoms with Gasteiger partial charge < -0.3 is 14.8 Å². The van der Waals surface area contributed by atoms with Gasteiger partial charge in [-0.15, -0.1) is 0 Å². The Kier molecular flexibility index (Phi) is 2.58. The molecule has 3 heteroatoms. The molecule has 13 heavy (non-hydrogen) atoms. The summed E-state index contributed by atoms with van der Waals surface area (Å²) in [5.74, 6) is 0.571. The molecule has 1 heterocycles. The molecular weight excluding hydrogens is 166 g/mol. The first-order valence-corrected chi connectivity index (χ1v) is 5.18. The summed E-state index contributed by atoms with van der Waals surface area (Å²) in [7, 11) is 0. The molecule has 3 nitrogen and oxygen atoms in total. The number of hydrogen-bond acceptors (Lipinski definition) is 3. The van der Waals surface area contributed by atoms with Crippen molar-refractivity contribution in [2.75, 3.05) is 19.7 Å². The van der Waals surface area contributed by atoms with E-state index in [1.165, 1.54) is 12.8 Å². The third-order valence-electron chi connectivity index (χ3n) is 2.57. The zero-order valence-corrected chi connectivity index (χ0v) is 8.51. The van der Waals surface area contributed by atoms with Gasteiger partial charge in [-0.2, -0.15) is 0 Å². The average molecular weight is 185 g/mol. The van der Waals surface area contributed by atoms with Gasteiger partial charge in [0.2, 0.25) is 0 Å². The van der Waals surface area contributed by atoms with Gasteiger partial charge in [0.25, 0.3) is 0 Å². The topological polar surface area (TPSA) is 30.5 Å². The molecular formula is C10H19NO2. The van der Waals surface area contributed by atoms with Crippen molar-refractivity contribution in [1.29, 1.82) is 0 Å². The molecule has 1 saturated carbocycles. The minimum Gasteiger partial charge on any atom is -0.348 e. The van der Waals surface area contributed by atoms with Gasteiger partial charge in [0.05, 0.1) is 12.7 Å². The van der Waals surface area contributed by atoms with Crippen LogP contribution in [0.4, 0.5) is 0 Å². The van der Waals surface area contributed by atoms with Gasteiger partial charge in [0.15, 0.2) is 5.79 Å². The number of nitrogens with one attached hydrogen (secondary N) is 1. The van der Waals surface area contributed by atoms with E-state index >= 15 is 0 Å². The van der Waals surface area contributed by atoms with Crippen molar-refractivity contribution < 1.29 is 9.47 Å². The summed E-state index contributed by atoms with van der Waals surface area (Å²) in [6, 6.07) is 0. The number of ether oxygens (including phenoxy) is 2. The average Bonchev–Trinajstić information content (AvgIpc) is 2.78. The maximum absolute atomic E-state index is 5.67. The fraction of sp³-hybridized carbons (Fsp3) is 1.00. The first-order chi connectivity index (χ1) is 6.16. The Morgan fingerprint density at radius 1 is 1.31 bits per heavy atom. The smallest absolute Gasteiger partial charge is 0.163 e. The lowest BCUT2D eigenvalue weighted by Gasteiger charge is -2.17. The monoisotopic (exact) mass is 185 g/mol. The Morgan fingerprint density at radius 3 is 2.62 bits per heavy atom. The van der Waals surface area contributed by atoms with Gasteiger partial charge in [-0.1, -0.05) is 0 Å². The second-order valence-corrected chi connectivity index (χ2v) is 4.55. The van der Waals surface area contributed by atoms with Crippen LogP contribution < -0.4 is 5.32 Å². The van der Waals surface area contributed by atoms with Crippen LogP contribution in [-0.2, 0) is 9.47 Å². The highest BCUT2D eigenvalue weighted by molar-refractivity contribution is 4.78. The zero-order valence-electron chi connectivity index (χ0n) is 8.51. The third kappa shape index (κ3) is 2.93. The van der Waals surface area contributed by atoms with Crippen molar-refractivity contribution in [1.82, 2.24) is 5.32 Å². The molecule has 0 radical (unpaired) electrons. The second kappa shape index (κ2) is 3.56. The Bertz CT molecular complexity index is 178. The van der Waals surface area contributed by atoms with Crippen molar-refractivity contribution >= 4 is 0 Å². The minimum absolute atomic E-state index is 0.244. The highest BCUT2D eigenvalue weighted by atomic mass is 16.7. The second-order valence-electron chi connectivity index (χ2n) is 4.55. The molecule has 0 spiro atoms. The van der Waals surface area contributed by atoms with Crippen LogP contribution in [0, 0.1) is 5.92 Å². The van der Waals surface area contributed by atoms with E-state index in [9.17, 15) is 0 Å². The summed E-state index contributed by atoms with van der Waals surface area (Å²) in [5, 5.41) is 3.42. The summed E-state index contributed by atoms with van der Waals surface area (Å²) in [4.78, 5) is 0. The van der Waals surface area contributed by atoms with Gasteiger partial charge in [0.1, 0.15) is 0 Å². The van der Waals surface area contributed by atoms with Gasteiger partial charge >= 0.3 is 0 Å². The molecule has 0 aromatic heterocycles. The predicted molar refractivity (Wildman–Crippen MR) is 50.5 cm³/mol. The van der Waals surface area contributed by atoms with Crippen LogP contribution in [0.3, 0.4) is 0 Å². The van der Waals surface area contributed by atoms with Crippen molar-refractivity contribution in [2.45, 2.75) is 38.6 Å². The molecule has 2 aliphatic rings. The minimum atomic E-state index is -0.369. The van der Waals surface area contributed by atoms with E-state index < -0.39 is 0 Å². The largest absolute Gasteiger partial charge is 0.348 e. The van der Waals surface area contributed by atoms with Crippen molar-refractivity contribution in [3.8, 4) is 0 Å². The van der Waals surface area contributed by atoms with Crippen molar-refractivity contribution in [3.63, 3.8) is 0 Å². The summed E-state index contributed by atoms with van der Waals surface area (Å²) >= 11 is 0. The maximum atomic E-state index is 5.67. The Labute approximate surface area is 79.8 Å². The highest BCUT2D eigenvalue weighted by Gasteiger charge is 2.32. The molecule has 1 unspecified atom stereocenters. The SMILES string of the molecule is CC1(C)OCC(CNCC2CC2)O1. The van der Waals surface area contributed by atoms with E-state index in [4.69, 9.17) is 9.47 Å². The van der Waals surface area contributed by atoms with Crippen molar-refractivity contribution in [3.05, 3.63) is 0 Å².